The summed E-state index contributed by atoms with van der Waals surface area (Å²) in [5, 5.41) is 1.37. The van der Waals surface area contributed by atoms with Crippen LogP contribution in [0.2, 0.25) is 5.02 Å². The Hall–Kier alpha value is -1.54. The van der Waals surface area contributed by atoms with Crippen molar-refractivity contribution in [1.29, 1.82) is 0 Å². The Bertz CT molecular complexity index is 552. The Morgan fingerprint density at radius 2 is 2.31 bits per heavy atom. The lowest BCUT2D eigenvalue weighted by Gasteiger charge is -1.90. The highest BCUT2D eigenvalue weighted by molar-refractivity contribution is 6.34. The summed E-state index contributed by atoms with van der Waals surface area (Å²) in [6.45, 7) is 1.97. The Balaban J connectivity index is 2.44. The number of furan rings is 1. The molecule has 0 aliphatic heterocycles. The highest BCUT2D eigenvalue weighted by Crippen LogP contribution is 2.26. The summed E-state index contributed by atoms with van der Waals surface area (Å²) >= 11 is 5.96. The van der Waals surface area contributed by atoms with Crippen LogP contribution in [-0.2, 0) is 0 Å². The smallest absolute Gasteiger partial charge is 0.220 e. The second kappa shape index (κ2) is 4.54. The van der Waals surface area contributed by atoms with E-state index in [1.807, 2.05) is 19.1 Å². The van der Waals surface area contributed by atoms with Gasteiger partial charge in [-0.3, -0.25) is 4.79 Å². The third-order valence-corrected chi connectivity index (χ3v) is 2.54. The first kappa shape index (κ1) is 11.0. The van der Waals surface area contributed by atoms with E-state index in [4.69, 9.17) is 16.0 Å². The molecule has 82 valence electrons. The number of halogens is 1. The van der Waals surface area contributed by atoms with E-state index < -0.39 is 0 Å². The van der Waals surface area contributed by atoms with Crippen LogP contribution in [0.15, 0.2) is 40.8 Å². The fourth-order valence-electron chi connectivity index (χ4n) is 1.46. The van der Waals surface area contributed by atoms with Crippen molar-refractivity contribution in [3.05, 3.63) is 47.2 Å². The van der Waals surface area contributed by atoms with Crippen molar-refractivity contribution in [2.45, 2.75) is 13.3 Å². The lowest BCUT2D eigenvalue weighted by molar-refractivity contribution is 0.102. The lowest BCUT2D eigenvalue weighted by Crippen LogP contribution is -1.89. The van der Waals surface area contributed by atoms with E-state index in [-0.39, 0.29) is 5.78 Å². The molecule has 0 saturated carbocycles. The zero-order chi connectivity index (χ0) is 11.5. The molecule has 0 saturated heterocycles. The molecule has 0 aliphatic carbocycles. The molecule has 0 bridgehead atoms. The third kappa shape index (κ3) is 2.02. The van der Waals surface area contributed by atoms with Crippen molar-refractivity contribution in [2.75, 3.05) is 0 Å². The van der Waals surface area contributed by atoms with Gasteiger partial charge in [0.05, 0.1) is 5.02 Å². The second-order valence-electron chi connectivity index (χ2n) is 3.44. The largest absolute Gasteiger partial charge is 0.451 e. The van der Waals surface area contributed by atoms with Gasteiger partial charge in [-0.05, 0) is 24.6 Å². The Morgan fingerprint density at radius 3 is 3.00 bits per heavy atom. The van der Waals surface area contributed by atoms with Gasteiger partial charge in [0.2, 0.25) is 5.78 Å². The van der Waals surface area contributed by atoms with Crippen molar-refractivity contribution >= 4 is 28.4 Å². The van der Waals surface area contributed by atoms with E-state index >= 15 is 0 Å². The van der Waals surface area contributed by atoms with Crippen LogP contribution < -0.4 is 0 Å². The molecule has 0 fully saturated rings. The Labute approximate surface area is 98.5 Å². The summed E-state index contributed by atoms with van der Waals surface area (Å²) in [5.41, 5.74) is 0.567. The molecule has 2 rings (SSSR count). The number of carbonyl (C=O) groups excluding carboxylic acids is 1. The minimum Gasteiger partial charge on any atom is -0.451 e. The van der Waals surface area contributed by atoms with Gasteiger partial charge < -0.3 is 4.42 Å². The number of allylic oxidation sites excluding steroid dienone is 2. The fourth-order valence-corrected chi connectivity index (χ4v) is 1.68. The molecular weight excluding hydrogens is 224 g/mol. The number of hydrogen-bond acceptors (Lipinski definition) is 2. The topological polar surface area (TPSA) is 30.2 Å². The van der Waals surface area contributed by atoms with E-state index in [0.29, 0.717) is 16.4 Å². The van der Waals surface area contributed by atoms with Crippen LogP contribution in [0.3, 0.4) is 0 Å². The number of rotatable bonds is 3. The zero-order valence-corrected chi connectivity index (χ0v) is 9.62. The van der Waals surface area contributed by atoms with Crippen LogP contribution in [0, 0.1) is 0 Å². The van der Waals surface area contributed by atoms with Crippen molar-refractivity contribution in [3.8, 4) is 0 Å². The van der Waals surface area contributed by atoms with Gasteiger partial charge in [-0.1, -0.05) is 36.7 Å². The summed E-state index contributed by atoms with van der Waals surface area (Å²) in [7, 11) is 0. The molecule has 0 spiro atoms. The Kier molecular flexibility index (Phi) is 3.11. The molecule has 0 atom stereocenters. The molecule has 3 heteroatoms. The van der Waals surface area contributed by atoms with Crippen molar-refractivity contribution < 1.29 is 9.21 Å². The summed E-state index contributed by atoms with van der Waals surface area (Å²) in [6, 6.07) is 7.15. The molecule has 1 aromatic heterocycles. The summed E-state index contributed by atoms with van der Waals surface area (Å²) in [5.74, 6) is 0.196. The fraction of sp³-hybridized carbons (Fsp3) is 0.154. The maximum Gasteiger partial charge on any atom is 0.220 e. The zero-order valence-electron chi connectivity index (χ0n) is 8.87. The quantitative estimate of drug-likeness (QED) is 0.588. The average molecular weight is 235 g/mol. The first-order valence-electron chi connectivity index (χ1n) is 5.11. The molecule has 0 aliphatic rings. The van der Waals surface area contributed by atoms with E-state index in [2.05, 4.69) is 0 Å². The highest BCUT2D eigenvalue weighted by atomic mass is 35.5. The number of para-hydroxylation sites is 1. The highest BCUT2D eigenvalue weighted by Gasteiger charge is 2.10. The molecule has 0 radical (unpaired) electrons. The predicted octanol–water partition coefficient (Wildman–Crippen LogP) is 4.24. The minimum absolute atomic E-state index is 0.130. The van der Waals surface area contributed by atoms with Crippen LogP contribution >= 0.6 is 11.6 Å². The van der Waals surface area contributed by atoms with Gasteiger partial charge >= 0.3 is 0 Å². The van der Waals surface area contributed by atoms with E-state index in [1.54, 1.807) is 18.2 Å². The maximum absolute atomic E-state index is 11.7. The Morgan fingerprint density at radius 1 is 1.50 bits per heavy atom. The molecule has 2 aromatic rings. The minimum atomic E-state index is -0.130. The van der Waals surface area contributed by atoms with Gasteiger partial charge in [0.15, 0.2) is 11.3 Å². The molecular formula is C13H11ClO2. The molecule has 0 N–H and O–H groups in total. The number of ketones is 1. The van der Waals surface area contributed by atoms with Gasteiger partial charge in [0, 0.05) is 5.39 Å². The number of benzene rings is 1. The van der Waals surface area contributed by atoms with Gasteiger partial charge in [-0.15, -0.1) is 0 Å². The van der Waals surface area contributed by atoms with Gasteiger partial charge in [-0.2, -0.15) is 0 Å². The first-order chi connectivity index (χ1) is 7.72. The van der Waals surface area contributed by atoms with Crippen LogP contribution in [0.4, 0.5) is 0 Å². The van der Waals surface area contributed by atoms with E-state index in [9.17, 15) is 4.79 Å². The number of hydrogen-bond donors (Lipinski definition) is 0. The lowest BCUT2D eigenvalue weighted by atomic mass is 10.2. The van der Waals surface area contributed by atoms with E-state index in [1.165, 1.54) is 6.08 Å². The van der Waals surface area contributed by atoms with Crippen LogP contribution in [0.25, 0.3) is 11.0 Å². The van der Waals surface area contributed by atoms with Crippen molar-refractivity contribution in [2.24, 2.45) is 0 Å². The second-order valence-corrected chi connectivity index (χ2v) is 3.85. The average Bonchev–Trinajstić information content (AvgIpc) is 2.71. The molecule has 0 unspecified atom stereocenters. The summed E-state index contributed by atoms with van der Waals surface area (Å²) < 4.78 is 5.42. The normalized spacial score (nSPS) is 11.4. The van der Waals surface area contributed by atoms with Gasteiger partial charge in [-0.25, -0.2) is 0 Å². The molecule has 1 aromatic carbocycles. The van der Waals surface area contributed by atoms with Crippen LogP contribution in [0.5, 0.6) is 0 Å². The predicted molar refractivity (Wildman–Crippen MR) is 65.0 cm³/mol. The molecule has 2 nitrogen and oxygen atoms in total. The maximum atomic E-state index is 11.7. The molecule has 0 amide bonds. The molecule has 1 heterocycles. The van der Waals surface area contributed by atoms with Crippen LogP contribution in [-0.4, -0.2) is 5.78 Å². The SMILES string of the molecule is CC/C=C/C(=O)c1cc2cccc(Cl)c2o1. The van der Waals surface area contributed by atoms with Gasteiger partial charge in [0.25, 0.3) is 0 Å². The summed E-state index contributed by atoms with van der Waals surface area (Å²) in [4.78, 5) is 11.7. The van der Waals surface area contributed by atoms with Crippen molar-refractivity contribution in [1.82, 2.24) is 0 Å². The first-order valence-corrected chi connectivity index (χ1v) is 5.49. The molecule has 16 heavy (non-hydrogen) atoms. The standard InChI is InChI=1S/C13H11ClO2/c1-2-3-7-11(15)12-8-9-5-4-6-10(14)13(9)16-12/h3-8H,2H2,1H3/b7-3+. The monoisotopic (exact) mass is 234 g/mol. The van der Waals surface area contributed by atoms with Gasteiger partial charge in [0.1, 0.15) is 0 Å². The van der Waals surface area contributed by atoms with Crippen molar-refractivity contribution in [3.63, 3.8) is 0 Å². The van der Waals surface area contributed by atoms with E-state index in [0.717, 1.165) is 11.8 Å². The number of carbonyl (C=O) groups is 1. The summed E-state index contributed by atoms with van der Waals surface area (Å²) in [6.07, 6.45) is 4.15. The third-order valence-electron chi connectivity index (χ3n) is 2.24. The number of fused-ring (bicyclic) bond motifs is 1. The van der Waals surface area contributed by atoms with Crippen LogP contribution in [0.1, 0.15) is 23.9 Å².